The third-order valence-electron chi connectivity index (χ3n) is 3.87. The van der Waals surface area contributed by atoms with E-state index in [1.165, 1.54) is 0 Å². The highest BCUT2D eigenvalue weighted by molar-refractivity contribution is 8.01. The quantitative estimate of drug-likeness (QED) is 0.820. The number of amides is 1. The number of methoxy groups -OCH3 is 2. The number of carbonyl (C=O) groups excluding carboxylic acids is 1. The molecule has 0 bridgehead atoms. The van der Waals surface area contributed by atoms with Gasteiger partial charge in [0.05, 0.1) is 39.6 Å². The zero-order valence-electron chi connectivity index (χ0n) is 13.7. The fourth-order valence-corrected chi connectivity index (χ4v) is 4.07. The van der Waals surface area contributed by atoms with E-state index in [1.54, 1.807) is 26.0 Å². The molecule has 22 heavy (non-hydrogen) atoms. The summed E-state index contributed by atoms with van der Waals surface area (Å²) in [5.74, 6) is 1.81. The van der Waals surface area contributed by atoms with Crippen molar-refractivity contribution in [2.75, 3.05) is 34.4 Å². The number of thioether (sulfide) groups is 1. The van der Waals surface area contributed by atoms with E-state index < -0.39 is 0 Å². The van der Waals surface area contributed by atoms with Crippen molar-refractivity contribution in [2.24, 2.45) is 0 Å². The number of hydrogen-bond acceptors (Lipinski definition) is 4. The third-order valence-corrected chi connectivity index (χ3v) is 5.50. The Morgan fingerprint density at radius 2 is 2.09 bits per heavy atom. The summed E-state index contributed by atoms with van der Waals surface area (Å²) in [7, 11) is 5.33. The molecule has 1 aliphatic rings. The van der Waals surface area contributed by atoms with Crippen molar-refractivity contribution < 1.29 is 19.6 Å². The molecule has 1 fully saturated rings. The first-order valence-corrected chi connectivity index (χ1v) is 8.56. The normalized spacial score (nSPS) is 21.3. The Balaban J connectivity index is 2.37. The topological polar surface area (TPSA) is 55.4 Å². The number of benzene rings is 1. The molecule has 122 valence electrons. The van der Waals surface area contributed by atoms with Gasteiger partial charge >= 0.3 is 0 Å². The van der Waals surface area contributed by atoms with E-state index in [0.29, 0.717) is 0 Å². The van der Waals surface area contributed by atoms with Crippen molar-refractivity contribution in [3.63, 3.8) is 0 Å². The van der Waals surface area contributed by atoms with Crippen LogP contribution in [0.15, 0.2) is 18.2 Å². The molecule has 0 saturated carbocycles. The molecule has 0 spiro atoms. The molecule has 2 N–H and O–H groups in total. The largest absolute Gasteiger partial charge is 0.497 e. The average molecular weight is 325 g/mol. The predicted octanol–water partition coefficient (Wildman–Crippen LogP) is 1.25. The number of likely N-dealkylation sites (N-methyl/N-ethyl adjacent to an activating group) is 1. The smallest absolute Gasteiger partial charge is 0.237 e. The van der Waals surface area contributed by atoms with Crippen molar-refractivity contribution in [3.05, 3.63) is 23.8 Å². The van der Waals surface area contributed by atoms with Crippen LogP contribution in [-0.2, 0) is 4.79 Å². The Labute approximate surface area is 136 Å². The van der Waals surface area contributed by atoms with E-state index in [-0.39, 0.29) is 16.5 Å². The SMILES string of the molecule is CC[C@@H]1S[C@H](c2cc(OC)ccc2OC)N(CC[NH2+]C)C1=O. The van der Waals surface area contributed by atoms with Gasteiger partial charge in [-0.25, -0.2) is 0 Å². The van der Waals surface area contributed by atoms with Crippen molar-refractivity contribution >= 4 is 17.7 Å². The van der Waals surface area contributed by atoms with Crippen LogP contribution >= 0.6 is 11.8 Å². The lowest BCUT2D eigenvalue weighted by molar-refractivity contribution is -0.626. The fourth-order valence-electron chi connectivity index (χ4n) is 2.63. The van der Waals surface area contributed by atoms with Crippen molar-refractivity contribution in [3.8, 4) is 11.5 Å². The maximum atomic E-state index is 12.6. The van der Waals surface area contributed by atoms with Gasteiger partial charge in [-0.2, -0.15) is 0 Å². The van der Waals surface area contributed by atoms with Crippen molar-refractivity contribution in [1.29, 1.82) is 0 Å². The molecule has 2 rings (SSSR count). The number of nitrogens with two attached hydrogens (primary N) is 1. The fraction of sp³-hybridized carbons (Fsp3) is 0.562. The van der Waals surface area contributed by atoms with Crippen LogP contribution in [0.5, 0.6) is 11.5 Å². The summed E-state index contributed by atoms with van der Waals surface area (Å²) < 4.78 is 10.8. The molecule has 0 radical (unpaired) electrons. The Hall–Kier alpha value is -1.40. The number of hydrogen-bond donors (Lipinski definition) is 1. The Bertz CT molecular complexity index is 524. The lowest BCUT2D eigenvalue weighted by atomic mass is 10.1. The second-order valence-electron chi connectivity index (χ2n) is 5.22. The maximum absolute atomic E-state index is 12.6. The Morgan fingerprint density at radius 1 is 1.32 bits per heavy atom. The van der Waals surface area contributed by atoms with Gasteiger partial charge in [0.25, 0.3) is 0 Å². The first kappa shape index (κ1) is 17.0. The van der Waals surface area contributed by atoms with Crippen LogP contribution < -0.4 is 14.8 Å². The molecular formula is C16H25N2O3S+. The van der Waals surface area contributed by atoms with E-state index >= 15 is 0 Å². The molecule has 1 aromatic carbocycles. The van der Waals surface area contributed by atoms with Gasteiger partial charge in [-0.3, -0.25) is 4.79 Å². The van der Waals surface area contributed by atoms with Crippen molar-refractivity contribution in [1.82, 2.24) is 4.90 Å². The van der Waals surface area contributed by atoms with Crippen LogP contribution in [0.2, 0.25) is 0 Å². The minimum Gasteiger partial charge on any atom is -0.497 e. The van der Waals surface area contributed by atoms with Gasteiger partial charge in [0, 0.05) is 5.56 Å². The molecule has 1 aromatic rings. The number of nitrogens with zero attached hydrogens (tertiary/aromatic N) is 1. The second kappa shape index (κ2) is 7.74. The van der Waals surface area contributed by atoms with E-state index in [9.17, 15) is 4.79 Å². The molecular weight excluding hydrogens is 300 g/mol. The van der Waals surface area contributed by atoms with E-state index in [0.717, 1.165) is 36.6 Å². The summed E-state index contributed by atoms with van der Waals surface area (Å²) in [6.45, 7) is 3.69. The molecule has 1 aliphatic heterocycles. The van der Waals surface area contributed by atoms with Gasteiger partial charge in [-0.15, -0.1) is 11.8 Å². The summed E-state index contributed by atoms with van der Waals surface area (Å²) >= 11 is 1.71. The highest BCUT2D eigenvalue weighted by Gasteiger charge is 2.41. The molecule has 1 saturated heterocycles. The Kier molecular flexibility index (Phi) is 5.97. The van der Waals surface area contributed by atoms with Crippen LogP contribution in [0.25, 0.3) is 0 Å². The lowest BCUT2D eigenvalue weighted by Crippen LogP contribution is -2.81. The predicted molar refractivity (Wildman–Crippen MR) is 88.4 cm³/mol. The molecule has 1 heterocycles. The monoisotopic (exact) mass is 325 g/mol. The maximum Gasteiger partial charge on any atom is 0.237 e. The van der Waals surface area contributed by atoms with Gasteiger partial charge in [-0.1, -0.05) is 6.92 Å². The molecule has 5 nitrogen and oxygen atoms in total. The first-order chi connectivity index (χ1) is 10.7. The average Bonchev–Trinajstić information content (AvgIpc) is 2.88. The first-order valence-electron chi connectivity index (χ1n) is 7.61. The second-order valence-corrected chi connectivity index (χ2v) is 6.51. The van der Waals surface area contributed by atoms with Crippen LogP contribution in [-0.4, -0.2) is 50.4 Å². The Morgan fingerprint density at radius 3 is 2.68 bits per heavy atom. The molecule has 2 atom stereocenters. The summed E-state index contributed by atoms with van der Waals surface area (Å²) in [6.07, 6.45) is 0.846. The highest BCUT2D eigenvalue weighted by Crippen LogP contribution is 2.47. The molecule has 0 unspecified atom stereocenters. The van der Waals surface area contributed by atoms with Crippen LogP contribution in [0.3, 0.4) is 0 Å². The third kappa shape index (κ3) is 3.33. The minimum atomic E-state index is -0.0116. The van der Waals surface area contributed by atoms with E-state index in [2.05, 4.69) is 12.2 Å². The summed E-state index contributed by atoms with van der Waals surface area (Å²) in [4.78, 5) is 14.6. The standard InChI is InChI=1S/C16H24N2O3S/c1-5-14-15(19)18(9-8-17-2)16(22-14)12-10-11(20-3)6-7-13(12)21-4/h6-7,10,14,16-17H,5,8-9H2,1-4H3/p+1/t14-,16+/m0/s1. The molecule has 0 aliphatic carbocycles. The lowest BCUT2D eigenvalue weighted by Gasteiger charge is -2.25. The molecule has 6 heteroatoms. The van der Waals surface area contributed by atoms with Gasteiger partial charge in [0.15, 0.2) is 0 Å². The van der Waals surface area contributed by atoms with E-state index in [4.69, 9.17) is 9.47 Å². The van der Waals surface area contributed by atoms with Gasteiger partial charge in [-0.05, 0) is 24.6 Å². The number of quaternary nitrogens is 1. The summed E-state index contributed by atoms with van der Waals surface area (Å²) in [5, 5.41) is 2.11. The minimum absolute atomic E-state index is 0.0116. The van der Waals surface area contributed by atoms with Gasteiger partial charge in [0.1, 0.15) is 16.9 Å². The number of carbonyl (C=O) groups is 1. The summed E-state index contributed by atoms with van der Waals surface area (Å²) in [5.41, 5.74) is 1.01. The van der Waals surface area contributed by atoms with E-state index in [1.807, 2.05) is 30.1 Å². The molecule has 0 aromatic heterocycles. The number of ether oxygens (including phenoxy) is 2. The van der Waals surface area contributed by atoms with Crippen LogP contribution in [0.1, 0.15) is 24.3 Å². The van der Waals surface area contributed by atoms with Crippen LogP contribution in [0.4, 0.5) is 0 Å². The van der Waals surface area contributed by atoms with Crippen molar-refractivity contribution in [2.45, 2.75) is 24.0 Å². The summed E-state index contributed by atoms with van der Waals surface area (Å²) in [6, 6.07) is 5.76. The van der Waals surface area contributed by atoms with Crippen LogP contribution in [0, 0.1) is 0 Å². The highest BCUT2D eigenvalue weighted by atomic mass is 32.2. The number of rotatable bonds is 7. The van der Waals surface area contributed by atoms with Gasteiger partial charge in [0.2, 0.25) is 5.91 Å². The molecule has 1 amide bonds. The van der Waals surface area contributed by atoms with Gasteiger partial charge < -0.3 is 19.7 Å². The zero-order valence-corrected chi connectivity index (χ0v) is 14.5. The zero-order chi connectivity index (χ0) is 16.1.